The summed E-state index contributed by atoms with van der Waals surface area (Å²) in [4.78, 5) is 17.3. The number of benzene rings is 3. The summed E-state index contributed by atoms with van der Waals surface area (Å²) >= 11 is 3.71. The third kappa shape index (κ3) is 4.07. The Morgan fingerprint density at radius 3 is 2.61 bits per heavy atom. The Hall–Kier alpha value is -2.32. The predicted octanol–water partition coefficient (Wildman–Crippen LogP) is 5.67. The van der Waals surface area contributed by atoms with E-state index in [9.17, 15) is 4.79 Å². The number of thioether (sulfide) groups is 1. The Bertz CT molecular complexity index is 1140. The van der Waals surface area contributed by atoms with Gasteiger partial charge >= 0.3 is 0 Å². The smallest absolute Gasteiger partial charge is 0.234 e. The van der Waals surface area contributed by atoms with Gasteiger partial charge in [0.1, 0.15) is 0 Å². The Balaban J connectivity index is 1.57. The zero-order chi connectivity index (χ0) is 19.5. The maximum Gasteiger partial charge on any atom is 0.234 e. The number of nitrogens with zero attached hydrogens (tertiary/aromatic N) is 2. The van der Waals surface area contributed by atoms with E-state index in [-0.39, 0.29) is 5.91 Å². The molecule has 0 fully saturated rings. The van der Waals surface area contributed by atoms with Gasteiger partial charge in [-0.15, -0.1) is 0 Å². The fourth-order valence-corrected chi connectivity index (χ4v) is 4.49. The van der Waals surface area contributed by atoms with Crippen molar-refractivity contribution in [2.45, 2.75) is 12.1 Å². The van der Waals surface area contributed by atoms with E-state index in [1.165, 1.54) is 11.8 Å². The Morgan fingerprint density at radius 2 is 1.82 bits per heavy atom. The predicted molar refractivity (Wildman–Crippen MR) is 124 cm³/mol. The normalized spacial score (nSPS) is 10.9. The van der Waals surface area contributed by atoms with E-state index >= 15 is 0 Å². The van der Waals surface area contributed by atoms with Gasteiger partial charge in [0.05, 0.1) is 16.8 Å². The molecule has 1 N–H and O–H groups in total. The second kappa shape index (κ2) is 8.36. The number of amides is 1. The summed E-state index contributed by atoms with van der Waals surface area (Å²) in [6.07, 6.45) is 0. The molecule has 0 aliphatic carbocycles. The van der Waals surface area contributed by atoms with Gasteiger partial charge in [0.25, 0.3) is 0 Å². The third-order valence-corrected chi connectivity index (χ3v) is 5.95. The number of aromatic nitrogens is 2. The molecule has 4 rings (SSSR count). The van der Waals surface area contributed by atoms with Crippen LogP contribution >= 0.6 is 34.4 Å². The SMILES string of the molecule is Cc1cc(I)ccc1NC(=O)CSc1nc2ccccc2n1-c1ccccc1. The first kappa shape index (κ1) is 19.0. The zero-order valence-corrected chi connectivity index (χ0v) is 18.2. The second-order valence-electron chi connectivity index (χ2n) is 6.35. The molecule has 0 saturated carbocycles. The maximum absolute atomic E-state index is 12.5. The summed E-state index contributed by atoms with van der Waals surface area (Å²) in [5, 5.41) is 3.81. The van der Waals surface area contributed by atoms with Gasteiger partial charge in [-0.2, -0.15) is 0 Å². The number of anilines is 1. The van der Waals surface area contributed by atoms with Crippen molar-refractivity contribution in [3.8, 4) is 5.69 Å². The molecule has 0 radical (unpaired) electrons. The Kier molecular flexibility index (Phi) is 5.68. The number of nitrogens with one attached hydrogen (secondary N) is 1. The van der Waals surface area contributed by atoms with Crippen molar-refractivity contribution in [3.63, 3.8) is 0 Å². The number of hydrogen-bond acceptors (Lipinski definition) is 3. The molecule has 140 valence electrons. The summed E-state index contributed by atoms with van der Waals surface area (Å²) in [6, 6.07) is 24.1. The van der Waals surface area contributed by atoms with Gasteiger partial charge in [-0.1, -0.05) is 42.1 Å². The van der Waals surface area contributed by atoms with E-state index in [0.717, 1.165) is 36.7 Å². The number of carbonyl (C=O) groups excluding carboxylic acids is 1. The van der Waals surface area contributed by atoms with Crippen molar-refractivity contribution in [3.05, 3.63) is 81.9 Å². The minimum atomic E-state index is -0.0408. The van der Waals surface area contributed by atoms with Gasteiger partial charge in [0.2, 0.25) is 5.91 Å². The Morgan fingerprint density at radius 1 is 1.07 bits per heavy atom. The van der Waals surface area contributed by atoms with E-state index in [1.54, 1.807) is 0 Å². The summed E-state index contributed by atoms with van der Waals surface area (Å²) in [5.41, 5.74) is 4.89. The van der Waals surface area contributed by atoms with Crippen LogP contribution in [-0.4, -0.2) is 21.2 Å². The lowest BCUT2D eigenvalue weighted by atomic mass is 10.2. The number of halogens is 1. The van der Waals surface area contributed by atoms with Crippen LogP contribution in [0.3, 0.4) is 0 Å². The lowest BCUT2D eigenvalue weighted by molar-refractivity contribution is -0.113. The fraction of sp³-hybridized carbons (Fsp3) is 0.0909. The van der Waals surface area contributed by atoms with Crippen molar-refractivity contribution < 1.29 is 4.79 Å². The number of imidazole rings is 1. The number of rotatable bonds is 5. The van der Waals surface area contributed by atoms with E-state index in [1.807, 2.05) is 67.6 Å². The molecule has 0 atom stereocenters. The first-order valence-corrected chi connectivity index (χ1v) is 10.9. The Labute approximate surface area is 181 Å². The molecule has 1 aromatic heterocycles. The van der Waals surface area contributed by atoms with Crippen molar-refractivity contribution in [1.29, 1.82) is 0 Å². The van der Waals surface area contributed by atoms with E-state index in [4.69, 9.17) is 4.98 Å². The number of aryl methyl sites for hydroxylation is 1. The van der Waals surface area contributed by atoms with Gasteiger partial charge in [-0.25, -0.2) is 4.98 Å². The molecule has 28 heavy (non-hydrogen) atoms. The molecule has 0 spiro atoms. The van der Waals surface area contributed by atoms with Crippen LogP contribution < -0.4 is 5.32 Å². The number of para-hydroxylation sites is 3. The van der Waals surface area contributed by atoms with Gasteiger partial charge < -0.3 is 5.32 Å². The van der Waals surface area contributed by atoms with Crippen LogP contribution in [0.2, 0.25) is 0 Å². The molecular formula is C22H18IN3OS. The van der Waals surface area contributed by atoms with Crippen LogP contribution in [0.15, 0.2) is 78.0 Å². The van der Waals surface area contributed by atoms with Crippen LogP contribution in [0, 0.1) is 10.5 Å². The topological polar surface area (TPSA) is 46.9 Å². The second-order valence-corrected chi connectivity index (χ2v) is 8.54. The molecule has 3 aromatic carbocycles. The molecule has 0 bridgehead atoms. The molecule has 6 heteroatoms. The highest BCUT2D eigenvalue weighted by atomic mass is 127. The van der Waals surface area contributed by atoms with Crippen LogP contribution in [0.1, 0.15) is 5.56 Å². The van der Waals surface area contributed by atoms with Gasteiger partial charge in [-0.05, 0) is 77.5 Å². The largest absolute Gasteiger partial charge is 0.325 e. The average molecular weight is 499 g/mol. The van der Waals surface area contributed by atoms with Crippen LogP contribution in [0.25, 0.3) is 16.7 Å². The number of hydrogen-bond donors (Lipinski definition) is 1. The molecule has 0 unspecified atom stereocenters. The number of carbonyl (C=O) groups is 1. The first-order valence-electron chi connectivity index (χ1n) is 8.83. The van der Waals surface area contributed by atoms with E-state index in [0.29, 0.717) is 5.75 Å². The lowest BCUT2D eigenvalue weighted by Crippen LogP contribution is -2.15. The van der Waals surface area contributed by atoms with Crippen molar-refractivity contribution in [2.24, 2.45) is 0 Å². The molecule has 4 nitrogen and oxygen atoms in total. The molecular weight excluding hydrogens is 481 g/mol. The monoisotopic (exact) mass is 499 g/mol. The minimum Gasteiger partial charge on any atom is -0.325 e. The minimum absolute atomic E-state index is 0.0408. The summed E-state index contributed by atoms with van der Waals surface area (Å²) < 4.78 is 3.25. The first-order chi connectivity index (χ1) is 13.6. The van der Waals surface area contributed by atoms with Crippen molar-refractivity contribution >= 4 is 57.0 Å². The van der Waals surface area contributed by atoms with Gasteiger partial charge in [0, 0.05) is 14.9 Å². The van der Waals surface area contributed by atoms with Gasteiger partial charge in [-0.3, -0.25) is 9.36 Å². The average Bonchev–Trinajstić information content (AvgIpc) is 3.07. The molecule has 0 aliphatic rings. The quantitative estimate of drug-likeness (QED) is 0.285. The highest BCUT2D eigenvalue weighted by molar-refractivity contribution is 14.1. The lowest BCUT2D eigenvalue weighted by Gasteiger charge is -2.10. The fourth-order valence-electron chi connectivity index (χ4n) is 3.01. The molecule has 1 amide bonds. The maximum atomic E-state index is 12.5. The zero-order valence-electron chi connectivity index (χ0n) is 15.2. The molecule has 1 heterocycles. The van der Waals surface area contributed by atoms with E-state index in [2.05, 4.69) is 44.6 Å². The third-order valence-electron chi connectivity index (χ3n) is 4.34. The van der Waals surface area contributed by atoms with Crippen molar-refractivity contribution in [1.82, 2.24) is 9.55 Å². The van der Waals surface area contributed by atoms with Crippen LogP contribution in [0.5, 0.6) is 0 Å². The van der Waals surface area contributed by atoms with Crippen LogP contribution in [-0.2, 0) is 4.79 Å². The van der Waals surface area contributed by atoms with Gasteiger partial charge in [0.15, 0.2) is 5.16 Å². The molecule has 0 aliphatic heterocycles. The molecule has 0 saturated heterocycles. The number of fused-ring (bicyclic) bond motifs is 1. The van der Waals surface area contributed by atoms with Crippen molar-refractivity contribution in [2.75, 3.05) is 11.1 Å². The standard InChI is InChI=1S/C22H18IN3OS/c1-15-13-16(23)11-12-18(15)24-21(27)14-28-22-25-19-9-5-6-10-20(19)26(22)17-7-3-2-4-8-17/h2-13H,14H2,1H3,(H,24,27). The highest BCUT2D eigenvalue weighted by Gasteiger charge is 2.14. The summed E-state index contributed by atoms with van der Waals surface area (Å²) in [6.45, 7) is 2.00. The summed E-state index contributed by atoms with van der Waals surface area (Å²) in [5.74, 6) is 0.252. The summed E-state index contributed by atoms with van der Waals surface area (Å²) in [7, 11) is 0. The van der Waals surface area contributed by atoms with E-state index < -0.39 is 0 Å². The van der Waals surface area contributed by atoms with Crippen LogP contribution in [0.4, 0.5) is 5.69 Å². The highest BCUT2D eigenvalue weighted by Crippen LogP contribution is 2.28. The molecule has 4 aromatic rings.